The molecular weight excluding hydrogens is 184 g/mol. The molecule has 0 saturated carbocycles. The molecule has 1 nitrogen and oxygen atoms in total. The Morgan fingerprint density at radius 1 is 1.40 bits per heavy atom. The molecule has 1 heteroatoms. The van der Waals surface area contributed by atoms with Crippen LogP contribution in [0.3, 0.4) is 0 Å². The summed E-state index contributed by atoms with van der Waals surface area (Å²) in [5.74, 6) is 2.71. The maximum atomic E-state index is 5.82. The number of terminal acetylenes is 1. The molecule has 84 valence electrons. The van der Waals surface area contributed by atoms with Crippen LogP contribution in [-0.2, 0) is 4.74 Å². The molecule has 0 N–H and O–H groups in total. The van der Waals surface area contributed by atoms with Gasteiger partial charge in [-0.3, -0.25) is 0 Å². The Morgan fingerprint density at radius 3 is 3.00 bits per heavy atom. The Balaban J connectivity index is 2.23. The predicted molar refractivity (Wildman–Crippen MR) is 64.6 cm³/mol. The van der Waals surface area contributed by atoms with E-state index >= 15 is 0 Å². The Labute approximate surface area is 93.9 Å². The molecule has 0 amide bonds. The highest BCUT2D eigenvalue weighted by Gasteiger charge is 2.14. The van der Waals surface area contributed by atoms with Crippen molar-refractivity contribution in [3.63, 3.8) is 0 Å². The van der Waals surface area contributed by atoms with Gasteiger partial charge in [-0.1, -0.05) is 50.7 Å². The first-order valence-corrected chi connectivity index (χ1v) is 6.15. The van der Waals surface area contributed by atoms with E-state index in [9.17, 15) is 0 Å². The summed E-state index contributed by atoms with van der Waals surface area (Å²) in [4.78, 5) is 0. The second kappa shape index (κ2) is 7.54. The van der Waals surface area contributed by atoms with E-state index < -0.39 is 0 Å². The van der Waals surface area contributed by atoms with Crippen LogP contribution in [0.5, 0.6) is 0 Å². The zero-order valence-corrected chi connectivity index (χ0v) is 9.74. The number of ether oxygens (including phenoxy) is 1. The molecule has 0 radical (unpaired) electrons. The summed E-state index contributed by atoms with van der Waals surface area (Å²) in [6, 6.07) is 0. The van der Waals surface area contributed by atoms with E-state index in [1.807, 2.05) is 0 Å². The van der Waals surface area contributed by atoms with Crippen molar-refractivity contribution < 1.29 is 4.74 Å². The molecule has 0 unspecified atom stereocenters. The van der Waals surface area contributed by atoms with E-state index in [2.05, 4.69) is 25.0 Å². The van der Waals surface area contributed by atoms with Gasteiger partial charge in [0.1, 0.15) is 6.10 Å². The van der Waals surface area contributed by atoms with Crippen LogP contribution in [0.15, 0.2) is 12.2 Å². The summed E-state index contributed by atoms with van der Waals surface area (Å²) >= 11 is 0. The Kier molecular flexibility index (Phi) is 6.20. The normalized spacial score (nSPS) is 25.9. The fourth-order valence-electron chi connectivity index (χ4n) is 1.88. The van der Waals surface area contributed by atoms with Crippen molar-refractivity contribution in [2.45, 2.75) is 64.1 Å². The van der Waals surface area contributed by atoms with Gasteiger partial charge in [0.2, 0.25) is 0 Å². The lowest BCUT2D eigenvalue weighted by Gasteiger charge is -2.16. The topological polar surface area (TPSA) is 9.23 Å². The zero-order valence-electron chi connectivity index (χ0n) is 9.74. The first kappa shape index (κ1) is 12.3. The van der Waals surface area contributed by atoms with E-state index in [4.69, 9.17) is 11.2 Å². The van der Waals surface area contributed by atoms with Gasteiger partial charge in [0, 0.05) is 0 Å². The number of unbranched alkanes of at least 4 members (excludes halogenated alkanes) is 3. The molecular formula is C14H22O. The third kappa shape index (κ3) is 5.04. The van der Waals surface area contributed by atoms with Crippen molar-refractivity contribution in [3.05, 3.63) is 12.2 Å². The van der Waals surface area contributed by atoms with Gasteiger partial charge >= 0.3 is 0 Å². The van der Waals surface area contributed by atoms with Gasteiger partial charge in [-0.2, -0.15) is 0 Å². The second-order valence-corrected chi connectivity index (χ2v) is 4.18. The van der Waals surface area contributed by atoms with E-state index in [1.54, 1.807) is 0 Å². The quantitative estimate of drug-likeness (QED) is 0.378. The van der Waals surface area contributed by atoms with E-state index in [0.717, 1.165) is 19.3 Å². The average molecular weight is 206 g/mol. The number of rotatable bonds is 5. The molecule has 1 aliphatic rings. The molecule has 0 bridgehead atoms. The number of hydrogen-bond acceptors (Lipinski definition) is 1. The van der Waals surface area contributed by atoms with Gasteiger partial charge in [-0.15, -0.1) is 6.42 Å². The summed E-state index contributed by atoms with van der Waals surface area (Å²) in [7, 11) is 0. The van der Waals surface area contributed by atoms with Gasteiger partial charge in [0.05, 0.1) is 6.10 Å². The first-order valence-electron chi connectivity index (χ1n) is 6.15. The van der Waals surface area contributed by atoms with Crippen molar-refractivity contribution in [1.82, 2.24) is 0 Å². The van der Waals surface area contributed by atoms with E-state index in [0.29, 0.717) is 0 Å². The van der Waals surface area contributed by atoms with Gasteiger partial charge in [-0.05, 0) is 19.3 Å². The summed E-state index contributed by atoms with van der Waals surface area (Å²) in [5.41, 5.74) is 0. The van der Waals surface area contributed by atoms with Gasteiger partial charge in [-0.25, -0.2) is 0 Å². The number of hydrogen-bond donors (Lipinski definition) is 0. The summed E-state index contributed by atoms with van der Waals surface area (Å²) in [6.07, 6.45) is 18.4. The molecule has 0 fully saturated rings. The van der Waals surface area contributed by atoms with Crippen LogP contribution in [0.1, 0.15) is 51.9 Å². The average Bonchev–Trinajstić information content (AvgIpc) is 2.49. The van der Waals surface area contributed by atoms with Crippen molar-refractivity contribution in [2.75, 3.05) is 0 Å². The van der Waals surface area contributed by atoms with Crippen molar-refractivity contribution in [1.29, 1.82) is 0 Å². The van der Waals surface area contributed by atoms with Crippen LogP contribution in [-0.4, -0.2) is 12.2 Å². The molecule has 0 saturated heterocycles. The van der Waals surface area contributed by atoms with Crippen molar-refractivity contribution in [2.24, 2.45) is 0 Å². The summed E-state index contributed by atoms with van der Waals surface area (Å²) in [6.45, 7) is 2.23. The highest BCUT2D eigenvalue weighted by Crippen LogP contribution is 2.17. The van der Waals surface area contributed by atoms with Gasteiger partial charge < -0.3 is 4.74 Å². The van der Waals surface area contributed by atoms with Gasteiger partial charge in [0.15, 0.2) is 0 Å². The van der Waals surface area contributed by atoms with E-state index in [1.165, 1.54) is 25.7 Å². The lowest BCUT2D eigenvalue weighted by molar-refractivity contribution is 0.0411. The molecule has 2 atom stereocenters. The summed E-state index contributed by atoms with van der Waals surface area (Å²) in [5, 5.41) is 0. The fourth-order valence-corrected chi connectivity index (χ4v) is 1.88. The molecule has 1 aliphatic heterocycles. The monoisotopic (exact) mass is 206 g/mol. The molecule has 15 heavy (non-hydrogen) atoms. The second-order valence-electron chi connectivity index (χ2n) is 4.18. The largest absolute Gasteiger partial charge is 0.358 e. The summed E-state index contributed by atoms with van der Waals surface area (Å²) < 4.78 is 5.82. The van der Waals surface area contributed by atoms with Crippen LogP contribution in [0.2, 0.25) is 0 Å². The first-order chi connectivity index (χ1) is 7.36. The van der Waals surface area contributed by atoms with Crippen LogP contribution < -0.4 is 0 Å². The minimum Gasteiger partial charge on any atom is -0.358 e. The van der Waals surface area contributed by atoms with Crippen molar-refractivity contribution in [3.8, 4) is 12.3 Å². The van der Waals surface area contributed by atoms with Crippen LogP contribution in [0, 0.1) is 12.3 Å². The smallest absolute Gasteiger partial charge is 0.119 e. The Bertz CT molecular complexity index is 224. The van der Waals surface area contributed by atoms with Crippen LogP contribution in [0.25, 0.3) is 0 Å². The fraction of sp³-hybridized carbons (Fsp3) is 0.714. The third-order valence-electron chi connectivity index (χ3n) is 2.81. The lowest BCUT2D eigenvalue weighted by Crippen LogP contribution is -2.17. The highest BCUT2D eigenvalue weighted by molar-refractivity contribution is 5.02. The van der Waals surface area contributed by atoms with Crippen LogP contribution >= 0.6 is 0 Å². The van der Waals surface area contributed by atoms with Crippen LogP contribution in [0.4, 0.5) is 0 Å². The molecule has 1 heterocycles. The molecule has 0 aromatic heterocycles. The predicted octanol–water partition coefficient (Wildman–Crippen LogP) is 3.69. The van der Waals surface area contributed by atoms with Gasteiger partial charge in [0.25, 0.3) is 0 Å². The van der Waals surface area contributed by atoms with E-state index in [-0.39, 0.29) is 12.2 Å². The molecule has 0 aliphatic carbocycles. The SMILES string of the molecule is C#C[C@@H]1CCC=C[C@H](CCCCCC)O1. The zero-order chi connectivity index (χ0) is 10.9. The lowest BCUT2D eigenvalue weighted by atomic mass is 10.1. The maximum absolute atomic E-state index is 5.82. The third-order valence-corrected chi connectivity index (χ3v) is 2.81. The minimum absolute atomic E-state index is 0.0242. The Hall–Kier alpha value is -0.740. The highest BCUT2D eigenvalue weighted by atomic mass is 16.5. The molecule has 0 spiro atoms. The molecule has 0 aromatic carbocycles. The standard InChI is InChI=1S/C14H22O/c1-3-5-6-7-11-14-12-9-8-10-13(4-2)15-14/h2,9,12-14H,3,5-8,10-11H2,1H3/t13-,14+/m1/s1. The number of allylic oxidation sites excluding steroid dienone is 1. The van der Waals surface area contributed by atoms with Crippen molar-refractivity contribution >= 4 is 0 Å². The molecule has 0 aromatic rings. The maximum Gasteiger partial charge on any atom is 0.119 e. The molecule has 1 rings (SSSR count). The minimum atomic E-state index is 0.0242. The Morgan fingerprint density at radius 2 is 2.27 bits per heavy atom.